The molecule has 0 fully saturated rings. The zero-order valence-corrected chi connectivity index (χ0v) is 13.4. The molecule has 2 aromatic heterocycles. The van der Waals surface area contributed by atoms with Crippen LogP contribution in [0.15, 0.2) is 36.7 Å². The van der Waals surface area contributed by atoms with E-state index in [1.807, 2.05) is 37.5 Å². The average Bonchev–Trinajstić information content (AvgIpc) is 2.97. The second-order valence-electron chi connectivity index (χ2n) is 4.83. The van der Waals surface area contributed by atoms with Crippen LogP contribution in [-0.4, -0.2) is 29.9 Å². The second-order valence-corrected chi connectivity index (χ2v) is 5.99. The molecule has 1 atom stereocenters. The summed E-state index contributed by atoms with van der Waals surface area (Å²) in [6.07, 6.45) is 4.42. The second kappa shape index (κ2) is 7.33. The highest BCUT2D eigenvalue weighted by Gasteiger charge is 2.22. The third-order valence-corrected chi connectivity index (χ3v) is 4.45. The molecule has 112 valence electrons. The van der Waals surface area contributed by atoms with Crippen LogP contribution in [0.2, 0.25) is 0 Å². The number of hydrogen-bond acceptors (Lipinski definition) is 4. The number of carbonyl (C=O) groups excluding carboxylic acids is 1. The van der Waals surface area contributed by atoms with Crippen molar-refractivity contribution in [1.29, 1.82) is 0 Å². The van der Waals surface area contributed by atoms with Gasteiger partial charge in [0.1, 0.15) is 0 Å². The lowest BCUT2D eigenvalue weighted by atomic mass is 10.1. The molecule has 2 aromatic rings. The van der Waals surface area contributed by atoms with E-state index in [1.165, 1.54) is 11.3 Å². The van der Waals surface area contributed by atoms with Gasteiger partial charge in [0.25, 0.3) is 5.91 Å². The fourth-order valence-corrected chi connectivity index (χ4v) is 3.30. The molecule has 21 heavy (non-hydrogen) atoms. The van der Waals surface area contributed by atoms with Gasteiger partial charge in [-0.2, -0.15) is 0 Å². The molecule has 4 nitrogen and oxygen atoms in total. The monoisotopic (exact) mass is 304 g/mol. The number of ether oxygens (including phenoxy) is 1. The molecular formula is C16H20N2O2S. The van der Waals surface area contributed by atoms with Gasteiger partial charge in [0.05, 0.1) is 17.5 Å². The Bertz CT molecular complexity index is 583. The maximum atomic E-state index is 12.6. The minimum absolute atomic E-state index is 0.0399. The first kappa shape index (κ1) is 15.7. The highest BCUT2D eigenvalue weighted by atomic mass is 32.1. The Labute approximate surface area is 129 Å². The fourth-order valence-electron chi connectivity index (χ4n) is 2.33. The van der Waals surface area contributed by atoms with E-state index < -0.39 is 0 Å². The van der Waals surface area contributed by atoms with Gasteiger partial charge in [0.15, 0.2) is 0 Å². The van der Waals surface area contributed by atoms with E-state index in [1.54, 1.807) is 18.2 Å². The van der Waals surface area contributed by atoms with Crippen molar-refractivity contribution in [3.63, 3.8) is 0 Å². The van der Waals surface area contributed by atoms with Crippen molar-refractivity contribution in [1.82, 2.24) is 9.88 Å². The van der Waals surface area contributed by atoms with Crippen LogP contribution >= 0.6 is 11.3 Å². The van der Waals surface area contributed by atoms with Crippen molar-refractivity contribution in [2.24, 2.45) is 0 Å². The Morgan fingerprint density at radius 3 is 2.86 bits per heavy atom. The lowest BCUT2D eigenvalue weighted by Crippen LogP contribution is -2.30. The van der Waals surface area contributed by atoms with Gasteiger partial charge in [0, 0.05) is 31.4 Å². The Hall–Kier alpha value is -1.72. The van der Waals surface area contributed by atoms with E-state index in [-0.39, 0.29) is 11.9 Å². The molecule has 2 rings (SSSR count). The molecule has 0 aliphatic carbocycles. The number of amides is 1. The summed E-state index contributed by atoms with van der Waals surface area (Å²) >= 11 is 1.49. The minimum atomic E-state index is 0.0399. The topological polar surface area (TPSA) is 42.4 Å². The van der Waals surface area contributed by atoms with Crippen molar-refractivity contribution >= 4 is 17.2 Å². The van der Waals surface area contributed by atoms with Gasteiger partial charge in [-0.25, -0.2) is 0 Å². The van der Waals surface area contributed by atoms with E-state index >= 15 is 0 Å². The van der Waals surface area contributed by atoms with Gasteiger partial charge in [-0.15, -0.1) is 11.3 Å². The van der Waals surface area contributed by atoms with E-state index in [2.05, 4.69) is 11.9 Å². The van der Waals surface area contributed by atoms with Crippen LogP contribution in [0.1, 0.15) is 39.5 Å². The molecule has 0 spiro atoms. The number of hydrogen-bond donors (Lipinski definition) is 0. The van der Waals surface area contributed by atoms with Gasteiger partial charge >= 0.3 is 0 Å². The maximum absolute atomic E-state index is 12.6. The average molecular weight is 304 g/mol. The number of pyridine rings is 1. The Morgan fingerprint density at radius 2 is 2.24 bits per heavy atom. The number of nitrogens with zero attached hydrogens (tertiary/aromatic N) is 2. The molecule has 2 heterocycles. The van der Waals surface area contributed by atoms with Crippen molar-refractivity contribution in [3.8, 4) is 0 Å². The number of aromatic nitrogens is 1. The first-order valence-corrected chi connectivity index (χ1v) is 7.73. The summed E-state index contributed by atoms with van der Waals surface area (Å²) in [7, 11) is 3.50. The van der Waals surface area contributed by atoms with Crippen LogP contribution in [0.25, 0.3) is 0 Å². The zero-order valence-electron chi connectivity index (χ0n) is 12.6. The predicted octanol–water partition coefficient (Wildman–Crippen LogP) is 3.51. The summed E-state index contributed by atoms with van der Waals surface area (Å²) in [5, 5.41) is 0. The first-order chi connectivity index (χ1) is 10.2. The van der Waals surface area contributed by atoms with Crippen molar-refractivity contribution in [3.05, 3.63) is 52.0 Å². The minimum Gasteiger partial charge on any atom is -0.379 e. The summed E-state index contributed by atoms with van der Waals surface area (Å²) < 4.78 is 5.10. The molecule has 0 bridgehead atoms. The predicted molar refractivity (Wildman–Crippen MR) is 84.4 cm³/mol. The van der Waals surface area contributed by atoms with Crippen molar-refractivity contribution in [2.45, 2.75) is 26.0 Å². The summed E-state index contributed by atoms with van der Waals surface area (Å²) in [6.45, 7) is 2.62. The highest BCUT2D eigenvalue weighted by molar-refractivity contribution is 7.14. The van der Waals surface area contributed by atoms with E-state index in [9.17, 15) is 4.79 Å². The molecule has 0 saturated carbocycles. The number of rotatable bonds is 6. The Morgan fingerprint density at radius 1 is 1.43 bits per heavy atom. The van der Waals surface area contributed by atoms with E-state index in [0.717, 1.165) is 21.7 Å². The van der Waals surface area contributed by atoms with Crippen LogP contribution in [0.5, 0.6) is 0 Å². The molecule has 0 aromatic carbocycles. The Balaban J connectivity index is 2.16. The van der Waals surface area contributed by atoms with Crippen LogP contribution in [0.3, 0.4) is 0 Å². The lowest BCUT2D eigenvalue weighted by molar-refractivity contribution is 0.0731. The van der Waals surface area contributed by atoms with Gasteiger partial charge < -0.3 is 9.64 Å². The number of carbonyl (C=O) groups is 1. The van der Waals surface area contributed by atoms with Crippen molar-refractivity contribution in [2.75, 3.05) is 14.2 Å². The molecule has 1 amide bonds. The largest absolute Gasteiger partial charge is 0.379 e. The highest BCUT2D eigenvalue weighted by Crippen LogP contribution is 2.26. The summed E-state index contributed by atoms with van der Waals surface area (Å²) in [5.41, 5.74) is 1.06. The Kier molecular flexibility index (Phi) is 5.47. The lowest BCUT2D eigenvalue weighted by Gasteiger charge is -2.27. The quantitative estimate of drug-likeness (QED) is 0.820. The third kappa shape index (κ3) is 3.68. The zero-order chi connectivity index (χ0) is 15.2. The standard InChI is InChI=1S/C16H20N2O2S/c1-4-14(12-6-5-9-17-10-12)18(2)16(19)15-8-7-13(21-15)11-20-3/h5-10,14H,4,11H2,1-3H3/t14-/m0/s1. The van der Waals surface area contributed by atoms with Crippen LogP contribution < -0.4 is 0 Å². The number of methoxy groups -OCH3 is 1. The van der Waals surface area contributed by atoms with Crippen LogP contribution in [0, 0.1) is 0 Å². The third-order valence-electron chi connectivity index (χ3n) is 3.40. The van der Waals surface area contributed by atoms with Gasteiger partial charge in [-0.1, -0.05) is 13.0 Å². The maximum Gasteiger partial charge on any atom is 0.264 e. The molecule has 0 saturated heterocycles. The van der Waals surface area contributed by atoms with Gasteiger partial charge in [-0.05, 0) is 30.2 Å². The van der Waals surface area contributed by atoms with Gasteiger partial charge in [0.2, 0.25) is 0 Å². The van der Waals surface area contributed by atoms with E-state index in [4.69, 9.17) is 4.74 Å². The normalized spacial score (nSPS) is 12.1. The van der Waals surface area contributed by atoms with Gasteiger partial charge in [-0.3, -0.25) is 9.78 Å². The van der Waals surface area contributed by atoms with Crippen molar-refractivity contribution < 1.29 is 9.53 Å². The summed E-state index contributed by atoms with van der Waals surface area (Å²) in [6, 6.07) is 7.77. The molecule has 5 heteroatoms. The van der Waals surface area contributed by atoms with Crippen LogP contribution in [-0.2, 0) is 11.3 Å². The summed E-state index contributed by atoms with van der Waals surface area (Å²) in [5.74, 6) is 0.0399. The number of thiophene rings is 1. The fraction of sp³-hybridized carbons (Fsp3) is 0.375. The molecule has 0 radical (unpaired) electrons. The smallest absolute Gasteiger partial charge is 0.264 e. The molecular weight excluding hydrogens is 284 g/mol. The molecule has 0 N–H and O–H groups in total. The first-order valence-electron chi connectivity index (χ1n) is 6.92. The summed E-state index contributed by atoms with van der Waals surface area (Å²) in [4.78, 5) is 20.3. The van der Waals surface area contributed by atoms with E-state index in [0.29, 0.717) is 6.61 Å². The van der Waals surface area contributed by atoms with Crippen LogP contribution in [0.4, 0.5) is 0 Å². The molecule has 0 aliphatic heterocycles. The molecule has 0 aliphatic rings. The molecule has 0 unspecified atom stereocenters. The SMILES string of the molecule is CC[C@@H](c1cccnc1)N(C)C(=O)c1ccc(COC)s1.